The minimum absolute atomic E-state index is 0.0522. The smallest absolute Gasteiger partial charge is 0.376 e. The largest absolute Gasteiger partial charge is 0.391 e. The number of hydrogen-bond donors (Lipinski definition) is 4. The van der Waals surface area contributed by atoms with E-state index in [-0.39, 0.29) is 25.0 Å². The molecule has 2 aliphatic rings. The van der Waals surface area contributed by atoms with Crippen molar-refractivity contribution in [3.05, 3.63) is 24.3 Å². The van der Waals surface area contributed by atoms with Crippen LogP contribution in [0.3, 0.4) is 0 Å². The number of amides is 4. The van der Waals surface area contributed by atoms with Gasteiger partial charge in [0.15, 0.2) is 0 Å². The van der Waals surface area contributed by atoms with E-state index in [1.807, 2.05) is 0 Å². The Bertz CT molecular complexity index is 721. The number of anilines is 2. The summed E-state index contributed by atoms with van der Waals surface area (Å²) in [6.45, 7) is 1.17. The first-order chi connectivity index (χ1) is 14.3. The summed E-state index contributed by atoms with van der Waals surface area (Å²) in [7, 11) is 0. The number of carbonyl (C=O) groups is 2. The molecule has 3 atom stereocenters. The lowest BCUT2D eigenvalue weighted by molar-refractivity contribution is -0.183. The third kappa shape index (κ3) is 6.79. The fourth-order valence-corrected chi connectivity index (χ4v) is 3.79. The molecule has 30 heavy (non-hydrogen) atoms. The molecule has 7 nitrogen and oxygen atoms in total. The molecule has 0 radical (unpaired) electrons. The van der Waals surface area contributed by atoms with Gasteiger partial charge in [0.05, 0.1) is 12.0 Å². The molecule has 3 rings (SSSR count). The van der Waals surface area contributed by atoms with Gasteiger partial charge in [-0.2, -0.15) is 13.2 Å². The number of halogens is 3. The number of hydrogen-bond acceptors (Lipinski definition) is 3. The first kappa shape index (κ1) is 22.2. The Morgan fingerprint density at radius 2 is 1.63 bits per heavy atom. The van der Waals surface area contributed by atoms with Crippen molar-refractivity contribution >= 4 is 23.4 Å². The van der Waals surface area contributed by atoms with Crippen LogP contribution in [0.2, 0.25) is 0 Å². The molecule has 0 aromatic heterocycles. The van der Waals surface area contributed by atoms with Gasteiger partial charge in [-0.15, -0.1) is 0 Å². The molecule has 1 aliphatic carbocycles. The zero-order valence-corrected chi connectivity index (χ0v) is 16.6. The molecule has 10 heteroatoms. The topological polar surface area (TPSA) is 91.5 Å². The van der Waals surface area contributed by atoms with Gasteiger partial charge in [0.2, 0.25) is 0 Å². The number of rotatable bonds is 5. The highest BCUT2D eigenvalue weighted by atomic mass is 19.4. The van der Waals surface area contributed by atoms with E-state index < -0.39 is 24.2 Å². The Balaban J connectivity index is 1.41. The van der Waals surface area contributed by atoms with Crippen LogP contribution >= 0.6 is 0 Å². The highest BCUT2D eigenvalue weighted by Gasteiger charge is 2.42. The molecule has 2 fully saturated rings. The molecule has 3 unspecified atom stereocenters. The summed E-state index contributed by atoms with van der Waals surface area (Å²) in [5.74, 6) is -1.37. The van der Waals surface area contributed by atoms with E-state index >= 15 is 0 Å². The Hall–Kier alpha value is -2.49. The lowest BCUT2D eigenvalue weighted by Gasteiger charge is -2.31. The molecule has 0 bridgehead atoms. The molecule has 1 saturated carbocycles. The van der Waals surface area contributed by atoms with E-state index in [1.54, 1.807) is 24.3 Å². The van der Waals surface area contributed by atoms with Gasteiger partial charge < -0.3 is 26.0 Å². The maximum atomic E-state index is 12.9. The van der Waals surface area contributed by atoms with Gasteiger partial charge >= 0.3 is 18.2 Å². The van der Waals surface area contributed by atoms with Crippen LogP contribution < -0.4 is 21.3 Å². The van der Waals surface area contributed by atoms with Gasteiger partial charge in [-0.05, 0) is 56.4 Å². The summed E-state index contributed by atoms with van der Waals surface area (Å²) in [6.07, 6.45) is -1.26. The van der Waals surface area contributed by atoms with Gasteiger partial charge in [-0.1, -0.05) is 6.42 Å². The van der Waals surface area contributed by atoms with Gasteiger partial charge in [0, 0.05) is 30.6 Å². The van der Waals surface area contributed by atoms with Crippen LogP contribution in [0, 0.1) is 5.92 Å². The minimum atomic E-state index is -4.23. The Labute approximate surface area is 173 Å². The third-order valence-electron chi connectivity index (χ3n) is 5.39. The molecular weight excluding hydrogens is 401 g/mol. The number of alkyl halides is 3. The number of urea groups is 2. The monoisotopic (exact) mass is 428 g/mol. The highest BCUT2D eigenvalue weighted by Crippen LogP contribution is 2.37. The second kappa shape index (κ2) is 10.0. The third-order valence-corrected chi connectivity index (χ3v) is 5.39. The van der Waals surface area contributed by atoms with Gasteiger partial charge in [0.25, 0.3) is 0 Å². The summed E-state index contributed by atoms with van der Waals surface area (Å²) >= 11 is 0. The molecule has 1 aliphatic heterocycles. The number of nitrogens with one attached hydrogen (secondary N) is 4. The second-order valence-electron chi connectivity index (χ2n) is 7.75. The second-order valence-corrected chi connectivity index (χ2v) is 7.75. The predicted octanol–water partition coefficient (Wildman–Crippen LogP) is 4.23. The quantitative estimate of drug-likeness (QED) is 0.566. The summed E-state index contributed by atoms with van der Waals surface area (Å²) in [5.41, 5.74) is 1.02. The molecule has 1 aromatic carbocycles. The summed E-state index contributed by atoms with van der Waals surface area (Å²) in [5, 5.41) is 10.7. The minimum Gasteiger partial charge on any atom is -0.376 e. The molecule has 1 aromatic rings. The van der Waals surface area contributed by atoms with Crippen molar-refractivity contribution in [2.75, 3.05) is 23.8 Å². The van der Waals surface area contributed by atoms with E-state index in [1.165, 1.54) is 0 Å². The number of benzene rings is 1. The summed E-state index contributed by atoms with van der Waals surface area (Å²) in [6, 6.07) is 5.07. The van der Waals surface area contributed by atoms with Crippen LogP contribution in [0.4, 0.5) is 34.1 Å². The van der Waals surface area contributed by atoms with E-state index in [2.05, 4.69) is 21.3 Å². The van der Waals surface area contributed by atoms with Gasteiger partial charge in [-0.3, -0.25) is 0 Å². The predicted molar refractivity (Wildman–Crippen MR) is 106 cm³/mol. The normalized spacial score (nSPS) is 24.2. The first-order valence-electron chi connectivity index (χ1n) is 10.2. The molecule has 4 N–H and O–H groups in total. The van der Waals surface area contributed by atoms with Crippen molar-refractivity contribution in [2.45, 2.75) is 56.8 Å². The van der Waals surface area contributed by atoms with E-state index in [9.17, 15) is 22.8 Å². The molecule has 1 heterocycles. The van der Waals surface area contributed by atoms with Crippen molar-refractivity contribution in [1.29, 1.82) is 0 Å². The standard InChI is InChI=1S/C20H27F3N4O3/c21-20(22,23)13-3-1-4-16(11-13)27-19(29)26-15-8-6-14(7-9-15)25-18(28)24-12-17-5-2-10-30-17/h6-9,13,16-17H,1-5,10-12H2,(H2,24,25,28)(H2,26,27,29). The fraction of sp³-hybridized carbons (Fsp3) is 0.600. The van der Waals surface area contributed by atoms with Crippen molar-refractivity contribution < 1.29 is 27.5 Å². The van der Waals surface area contributed by atoms with Crippen LogP contribution in [0.25, 0.3) is 0 Å². The fourth-order valence-electron chi connectivity index (χ4n) is 3.79. The van der Waals surface area contributed by atoms with Crippen LogP contribution in [-0.2, 0) is 4.74 Å². The zero-order valence-electron chi connectivity index (χ0n) is 16.6. The lowest BCUT2D eigenvalue weighted by atomic mass is 9.85. The number of carbonyl (C=O) groups excluding carboxylic acids is 2. The van der Waals surface area contributed by atoms with Crippen LogP contribution in [0.1, 0.15) is 38.5 Å². The SMILES string of the molecule is O=C(NCC1CCCO1)Nc1ccc(NC(=O)NC2CCCC(C(F)(F)F)C2)cc1. The van der Waals surface area contributed by atoms with E-state index in [0.29, 0.717) is 30.8 Å². The maximum Gasteiger partial charge on any atom is 0.391 e. The average molecular weight is 428 g/mol. The highest BCUT2D eigenvalue weighted by molar-refractivity contribution is 5.91. The Kier molecular flexibility index (Phi) is 7.41. The van der Waals surface area contributed by atoms with Gasteiger partial charge in [-0.25, -0.2) is 9.59 Å². The summed E-state index contributed by atoms with van der Waals surface area (Å²) in [4.78, 5) is 24.0. The molecule has 1 saturated heterocycles. The van der Waals surface area contributed by atoms with Crippen LogP contribution in [-0.4, -0.2) is 43.5 Å². The van der Waals surface area contributed by atoms with E-state index in [4.69, 9.17) is 4.74 Å². The lowest BCUT2D eigenvalue weighted by Crippen LogP contribution is -2.43. The molecule has 166 valence electrons. The molecule has 0 spiro atoms. The molecular formula is C20H27F3N4O3. The Morgan fingerprint density at radius 3 is 2.23 bits per heavy atom. The van der Waals surface area contributed by atoms with Crippen molar-refractivity contribution in [2.24, 2.45) is 5.92 Å². The van der Waals surface area contributed by atoms with Crippen LogP contribution in [0.15, 0.2) is 24.3 Å². The Morgan fingerprint density at radius 1 is 0.967 bits per heavy atom. The van der Waals surface area contributed by atoms with Crippen LogP contribution in [0.5, 0.6) is 0 Å². The first-order valence-corrected chi connectivity index (χ1v) is 10.2. The summed E-state index contributed by atoms with van der Waals surface area (Å²) < 4.78 is 44.1. The molecule has 4 amide bonds. The van der Waals surface area contributed by atoms with E-state index in [0.717, 1.165) is 19.4 Å². The number of ether oxygens (including phenoxy) is 1. The average Bonchev–Trinajstić information content (AvgIpc) is 3.21. The van der Waals surface area contributed by atoms with Crippen molar-refractivity contribution in [3.8, 4) is 0 Å². The zero-order chi connectivity index (χ0) is 21.6. The maximum absolute atomic E-state index is 12.9. The van der Waals surface area contributed by atoms with Crippen molar-refractivity contribution in [3.63, 3.8) is 0 Å². The van der Waals surface area contributed by atoms with Gasteiger partial charge in [0.1, 0.15) is 0 Å². The van der Waals surface area contributed by atoms with Crippen molar-refractivity contribution in [1.82, 2.24) is 10.6 Å².